The van der Waals surface area contributed by atoms with Crippen LogP contribution in [-0.4, -0.2) is 18.9 Å². The molecule has 2 heterocycles. The van der Waals surface area contributed by atoms with Gasteiger partial charge in [0.05, 0.1) is 0 Å². The summed E-state index contributed by atoms with van der Waals surface area (Å²) in [4.78, 5) is 6.69. The fourth-order valence-electron chi connectivity index (χ4n) is 2.27. The van der Waals surface area contributed by atoms with Crippen molar-refractivity contribution in [3.05, 3.63) is 60.2 Å². The van der Waals surface area contributed by atoms with E-state index >= 15 is 0 Å². The molecule has 3 rings (SSSR count). The molecule has 0 saturated heterocycles. The van der Waals surface area contributed by atoms with Crippen molar-refractivity contribution in [2.45, 2.75) is 0 Å². The highest BCUT2D eigenvalue weighted by atomic mass is 15.0. The molecule has 2 aromatic rings. The summed E-state index contributed by atoms with van der Waals surface area (Å²) in [5.41, 5.74) is 3.61. The van der Waals surface area contributed by atoms with Crippen molar-refractivity contribution in [3.63, 3.8) is 0 Å². The lowest BCUT2D eigenvalue weighted by atomic mass is 9.55. The molecule has 0 atom stereocenters. The van der Waals surface area contributed by atoms with Gasteiger partial charge in [-0.15, -0.1) is 0 Å². The first-order chi connectivity index (χ1) is 8.36. The molecule has 17 heavy (non-hydrogen) atoms. The predicted octanol–water partition coefficient (Wildman–Crippen LogP) is 1.98. The number of fused-ring (bicyclic) bond motifs is 1. The Morgan fingerprint density at radius 3 is 2.71 bits per heavy atom. The van der Waals surface area contributed by atoms with Gasteiger partial charge in [0.2, 0.25) is 0 Å². The Bertz CT molecular complexity index is 551. The number of pyridine rings is 1. The monoisotopic (exact) mass is 220 g/mol. The lowest BCUT2D eigenvalue weighted by Gasteiger charge is -2.29. The first kappa shape index (κ1) is 10.1. The first-order valence-electron chi connectivity index (χ1n) is 5.77. The fourth-order valence-corrected chi connectivity index (χ4v) is 2.27. The molecule has 0 bridgehead atoms. The van der Waals surface area contributed by atoms with E-state index in [1.807, 2.05) is 18.3 Å². The number of anilines is 1. The minimum Gasteiger partial charge on any atom is -0.408 e. The average Bonchev–Trinajstić information content (AvgIpc) is 2.40. The van der Waals surface area contributed by atoms with Crippen LogP contribution >= 0.6 is 0 Å². The summed E-state index contributed by atoms with van der Waals surface area (Å²) in [7, 11) is 2.11. The summed E-state index contributed by atoms with van der Waals surface area (Å²) in [6, 6.07) is 14.5. The normalized spacial score (nSPS) is 13.7. The highest BCUT2D eigenvalue weighted by molar-refractivity contribution is 6.81. The Morgan fingerprint density at radius 2 is 1.88 bits per heavy atom. The molecule has 0 amide bonds. The van der Waals surface area contributed by atoms with Gasteiger partial charge in [-0.3, -0.25) is 4.98 Å². The zero-order valence-electron chi connectivity index (χ0n) is 9.75. The van der Waals surface area contributed by atoms with E-state index in [1.165, 1.54) is 11.3 Å². The van der Waals surface area contributed by atoms with Gasteiger partial charge in [0.1, 0.15) is 0 Å². The quantitative estimate of drug-likeness (QED) is 0.683. The van der Waals surface area contributed by atoms with Crippen molar-refractivity contribution in [3.8, 4) is 0 Å². The van der Waals surface area contributed by atoms with Gasteiger partial charge in [0.25, 0.3) is 0 Å². The van der Waals surface area contributed by atoms with E-state index in [-0.39, 0.29) is 6.85 Å². The third-order valence-electron chi connectivity index (χ3n) is 3.18. The third kappa shape index (κ3) is 1.74. The van der Waals surface area contributed by atoms with Crippen LogP contribution in [0.25, 0.3) is 6.08 Å². The van der Waals surface area contributed by atoms with Gasteiger partial charge >= 0.3 is 6.85 Å². The lowest BCUT2D eigenvalue weighted by Crippen LogP contribution is -2.47. The van der Waals surface area contributed by atoms with Crippen molar-refractivity contribution in [2.75, 3.05) is 11.9 Å². The number of hydrogen-bond acceptors (Lipinski definition) is 2. The SMILES string of the molecule is CN1B(c2ccccn2)C=Cc2ccccc21. The lowest BCUT2D eigenvalue weighted by molar-refractivity contribution is 1.27. The van der Waals surface area contributed by atoms with Gasteiger partial charge in [-0.05, 0) is 30.8 Å². The molecule has 1 aliphatic heterocycles. The van der Waals surface area contributed by atoms with Crippen molar-refractivity contribution >= 4 is 24.2 Å². The van der Waals surface area contributed by atoms with Crippen LogP contribution in [0.4, 0.5) is 5.69 Å². The Balaban J connectivity index is 2.03. The molecule has 0 saturated carbocycles. The number of benzene rings is 1. The van der Waals surface area contributed by atoms with E-state index in [2.05, 4.69) is 59.2 Å². The van der Waals surface area contributed by atoms with E-state index in [9.17, 15) is 0 Å². The van der Waals surface area contributed by atoms with Crippen molar-refractivity contribution in [1.29, 1.82) is 0 Å². The van der Waals surface area contributed by atoms with Crippen LogP contribution in [0.5, 0.6) is 0 Å². The smallest absolute Gasteiger partial charge is 0.335 e. The van der Waals surface area contributed by atoms with Gasteiger partial charge in [-0.1, -0.05) is 36.3 Å². The summed E-state index contributed by atoms with van der Waals surface area (Å²) >= 11 is 0. The summed E-state index contributed by atoms with van der Waals surface area (Å²) < 4.78 is 0. The largest absolute Gasteiger partial charge is 0.408 e. The van der Waals surface area contributed by atoms with Crippen molar-refractivity contribution < 1.29 is 0 Å². The summed E-state index contributed by atoms with van der Waals surface area (Å²) in [5.74, 6) is 2.20. The van der Waals surface area contributed by atoms with Crippen molar-refractivity contribution in [1.82, 2.24) is 4.98 Å². The molecule has 1 aromatic heterocycles. The second-order valence-corrected chi connectivity index (χ2v) is 4.23. The molecule has 0 radical (unpaired) electrons. The fraction of sp³-hybridized carbons (Fsp3) is 0.0714. The van der Waals surface area contributed by atoms with E-state index < -0.39 is 0 Å². The topological polar surface area (TPSA) is 16.1 Å². The van der Waals surface area contributed by atoms with E-state index in [4.69, 9.17) is 0 Å². The molecule has 2 nitrogen and oxygen atoms in total. The highest BCUT2D eigenvalue weighted by Crippen LogP contribution is 2.25. The predicted molar refractivity (Wildman–Crippen MR) is 73.5 cm³/mol. The molecule has 1 aromatic carbocycles. The summed E-state index contributed by atoms with van der Waals surface area (Å²) in [5, 5.41) is 0. The molecular weight excluding hydrogens is 207 g/mol. The van der Waals surface area contributed by atoms with E-state index in [1.54, 1.807) is 0 Å². The molecule has 82 valence electrons. The Labute approximate surface area is 102 Å². The molecule has 0 fully saturated rings. The summed E-state index contributed by atoms with van der Waals surface area (Å²) in [6.07, 6.45) is 4.02. The molecule has 3 heteroatoms. The molecule has 1 aliphatic rings. The minimum atomic E-state index is 0.228. The number of aromatic nitrogens is 1. The Kier molecular flexibility index (Phi) is 2.44. The van der Waals surface area contributed by atoms with Gasteiger partial charge < -0.3 is 4.81 Å². The maximum absolute atomic E-state index is 4.43. The standard InChI is InChI=1S/C14H13BN2/c1-17-13-7-3-2-6-12(13)9-10-15(17)14-8-4-5-11-16-14/h2-11H,1H3. The van der Waals surface area contributed by atoms with Crippen molar-refractivity contribution in [2.24, 2.45) is 0 Å². The molecule has 0 unspecified atom stereocenters. The van der Waals surface area contributed by atoms with Gasteiger partial charge in [-0.2, -0.15) is 0 Å². The Morgan fingerprint density at radius 1 is 1.06 bits per heavy atom. The van der Waals surface area contributed by atoms with Gasteiger partial charge in [-0.25, -0.2) is 0 Å². The third-order valence-corrected chi connectivity index (χ3v) is 3.18. The zero-order chi connectivity index (χ0) is 11.7. The number of rotatable bonds is 1. The maximum atomic E-state index is 4.43. The van der Waals surface area contributed by atoms with Crippen LogP contribution in [-0.2, 0) is 0 Å². The number of hydrogen-bond donors (Lipinski definition) is 0. The Hall–Kier alpha value is -2.03. The molecule has 0 spiro atoms. The minimum absolute atomic E-state index is 0.228. The maximum Gasteiger partial charge on any atom is 0.335 e. The molecular formula is C14H13BN2. The average molecular weight is 220 g/mol. The zero-order valence-corrected chi connectivity index (χ0v) is 9.75. The van der Waals surface area contributed by atoms with E-state index in [0.717, 1.165) is 5.59 Å². The molecule has 0 aliphatic carbocycles. The van der Waals surface area contributed by atoms with Crippen LogP contribution < -0.4 is 10.4 Å². The summed E-state index contributed by atoms with van der Waals surface area (Å²) in [6.45, 7) is 0.228. The molecule has 0 N–H and O–H groups in total. The van der Waals surface area contributed by atoms with Crippen LogP contribution in [0, 0.1) is 0 Å². The van der Waals surface area contributed by atoms with E-state index in [0.29, 0.717) is 0 Å². The second-order valence-electron chi connectivity index (χ2n) is 4.23. The van der Waals surface area contributed by atoms with Gasteiger partial charge in [0.15, 0.2) is 0 Å². The van der Waals surface area contributed by atoms with Crippen LogP contribution in [0.1, 0.15) is 5.56 Å². The van der Waals surface area contributed by atoms with Crippen LogP contribution in [0.2, 0.25) is 0 Å². The van der Waals surface area contributed by atoms with Crippen LogP contribution in [0.15, 0.2) is 54.6 Å². The van der Waals surface area contributed by atoms with Gasteiger partial charge in [0, 0.05) is 17.5 Å². The van der Waals surface area contributed by atoms with Crippen LogP contribution in [0.3, 0.4) is 0 Å². The number of nitrogens with zero attached hydrogens (tertiary/aromatic N) is 2. The second kappa shape index (κ2) is 4.09. The number of para-hydroxylation sites is 1. The first-order valence-corrected chi connectivity index (χ1v) is 5.77. The highest BCUT2D eigenvalue weighted by Gasteiger charge is 2.25.